The van der Waals surface area contributed by atoms with Gasteiger partial charge in [-0.2, -0.15) is 0 Å². The molecule has 2 aliphatic rings. The Labute approximate surface area is 241 Å². The van der Waals surface area contributed by atoms with Crippen LogP contribution in [0.4, 0.5) is 17.3 Å². The van der Waals surface area contributed by atoms with Gasteiger partial charge in [-0.05, 0) is 67.4 Å². The van der Waals surface area contributed by atoms with E-state index in [2.05, 4.69) is 51.4 Å². The number of carbonyl (C=O) groups is 1. The fourth-order valence-electron chi connectivity index (χ4n) is 4.98. The smallest absolute Gasteiger partial charge is 0.245 e. The van der Waals surface area contributed by atoms with Crippen molar-refractivity contribution in [3.63, 3.8) is 0 Å². The third-order valence-corrected chi connectivity index (χ3v) is 7.07. The first-order valence-corrected chi connectivity index (χ1v) is 14.2. The van der Waals surface area contributed by atoms with Crippen molar-refractivity contribution in [1.29, 1.82) is 0 Å². The largest absolute Gasteiger partial charge is 0.493 e. The molecule has 9 heteroatoms. The third kappa shape index (κ3) is 8.39. The molecule has 9 nitrogen and oxygen atoms in total. The van der Waals surface area contributed by atoms with Crippen LogP contribution in [0.3, 0.4) is 0 Å². The van der Waals surface area contributed by atoms with E-state index in [0.29, 0.717) is 25.8 Å². The van der Waals surface area contributed by atoms with E-state index in [1.165, 1.54) is 6.08 Å². The molecular formula is C32H38N6O3. The molecular weight excluding hydrogens is 516 g/mol. The second-order valence-electron chi connectivity index (χ2n) is 10.1. The highest BCUT2D eigenvalue weighted by Gasteiger charge is 2.17. The molecule has 0 unspecified atom stereocenters. The molecule has 1 saturated heterocycles. The van der Waals surface area contributed by atoms with Crippen LogP contribution < -0.4 is 15.4 Å². The Morgan fingerprint density at radius 1 is 1.10 bits per heavy atom. The summed E-state index contributed by atoms with van der Waals surface area (Å²) >= 11 is 0. The first kappa shape index (κ1) is 28.3. The number of aromatic nitrogens is 2. The van der Waals surface area contributed by atoms with Gasteiger partial charge in [0.1, 0.15) is 5.75 Å². The second-order valence-corrected chi connectivity index (χ2v) is 10.1. The predicted octanol–water partition coefficient (Wildman–Crippen LogP) is 4.87. The Morgan fingerprint density at radius 3 is 2.98 bits per heavy atom. The van der Waals surface area contributed by atoms with Gasteiger partial charge < -0.3 is 25.0 Å². The molecule has 214 valence electrons. The maximum Gasteiger partial charge on any atom is 0.245 e. The molecule has 0 saturated carbocycles. The number of nitrogens with zero attached hydrogens (tertiary/aromatic N) is 4. The summed E-state index contributed by atoms with van der Waals surface area (Å²) in [7, 11) is 0. The van der Waals surface area contributed by atoms with Gasteiger partial charge >= 0.3 is 0 Å². The number of benzene rings is 2. The predicted molar refractivity (Wildman–Crippen MR) is 162 cm³/mol. The van der Waals surface area contributed by atoms with Gasteiger partial charge in [-0.1, -0.05) is 30.9 Å². The molecule has 0 spiro atoms. The van der Waals surface area contributed by atoms with Crippen LogP contribution in [-0.4, -0.2) is 78.2 Å². The lowest BCUT2D eigenvalue weighted by atomic mass is 10.1. The molecule has 6 bridgehead atoms. The minimum absolute atomic E-state index is 0.0137. The van der Waals surface area contributed by atoms with Crippen molar-refractivity contribution >= 4 is 23.2 Å². The Hall–Kier alpha value is -4.21. The number of fused-ring (bicyclic) bond motifs is 7. The summed E-state index contributed by atoms with van der Waals surface area (Å²) in [6.07, 6.45) is 9.06. The minimum atomic E-state index is 0.0137. The molecule has 1 aromatic heterocycles. The molecule has 0 aliphatic carbocycles. The molecule has 1 fully saturated rings. The summed E-state index contributed by atoms with van der Waals surface area (Å²) < 4.78 is 11.9. The lowest BCUT2D eigenvalue weighted by molar-refractivity contribution is -0.125. The van der Waals surface area contributed by atoms with Gasteiger partial charge in [0.2, 0.25) is 11.9 Å². The number of hydrogen-bond donors (Lipinski definition) is 2. The lowest BCUT2D eigenvalue weighted by Gasteiger charge is -2.21. The summed E-state index contributed by atoms with van der Waals surface area (Å²) in [5.41, 5.74) is 4.72. The third-order valence-electron chi connectivity index (χ3n) is 7.07. The summed E-state index contributed by atoms with van der Waals surface area (Å²) in [5, 5.41) is 6.97. The molecule has 0 atom stereocenters. The van der Waals surface area contributed by atoms with Crippen LogP contribution in [0.1, 0.15) is 18.4 Å². The molecule has 5 rings (SSSR count). The molecule has 3 aromatic rings. The summed E-state index contributed by atoms with van der Waals surface area (Å²) in [4.78, 5) is 25.5. The van der Waals surface area contributed by atoms with Gasteiger partial charge in [-0.25, -0.2) is 9.97 Å². The van der Waals surface area contributed by atoms with Crippen molar-refractivity contribution in [2.24, 2.45) is 0 Å². The summed E-state index contributed by atoms with van der Waals surface area (Å²) in [6.45, 7) is 10.2. The van der Waals surface area contributed by atoms with E-state index >= 15 is 0 Å². The summed E-state index contributed by atoms with van der Waals surface area (Å²) in [6, 6.07) is 16.1. The minimum Gasteiger partial charge on any atom is -0.493 e. The number of anilines is 3. The van der Waals surface area contributed by atoms with Gasteiger partial charge in [0, 0.05) is 55.9 Å². The van der Waals surface area contributed by atoms with Gasteiger partial charge in [-0.3, -0.25) is 9.69 Å². The highest BCUT2D eigenvalue weighted by Crippen LogP contribution is 2.26. The fourth-order valence-corrected chi connectivity index (χ4v) is 4.98. The van der Waals surface area contributed by atoms with Crippen molar-refractivity contribution in [1.82, 2.24) is 19.8 Å². The zero-order valence-corrected chi connectivity index (χ0v) is 23.4. The second kappa shape index (κ2) is 14.4. The van der Waals surface area contributed by atoms with Crippen molar-refractivity contribution in [2.75, 3.05) is 63.1 Å². The Morgan fingerprint density at radius 2 is 2.05 bits per heavy atom. The maximum atomic E-state index is 12.0. The van der Waals surface area contributed by atoms with Crippen molar-refractivity contribution < 1.29 is 14.3 Å². The van der Waals surface area contributed by atoms with Crippen LogP contribution in [0.25, 0.3) is 11.3 Å². The van der Waals surface area contributed by atoms with Crippen molar-refractivity contribution in [3.8, 4) is 17.0 Å². The molecule has 2 aliphatic heterocycles. The molecule has 2 N–H and O–H groups in total. The van der Waals surface area contributed by atoms with E-state index in [-0.39, 0.29) is 5.91 Å². The topological polar surface area (TPSA) is 91.9 Å². The Kier molecular flexibility index (Phi) is 9.97. The number of ether oxygens (including phenoxy) is 2. The quantitative estimate of drug-likeness (QED) is 0.341. The number of carbonyl (C=O) groups excluding carboxylic acids is 1. The number of hydrogen-bond acceptors (Lipinski definition) is 8. The highest BCUT2D eigenvalue weighted by atomic mass is 16.5. The van der Waals surface area contributed by atoms with Crippen molar-refractivity contribution in [2.45, 2.75) is 19.4 Å². The van der Waals surface area contributed by atoms with E-state index in [1.54, 1.807) is 6.20 Å². The van der Waals surface area contributed by atoms with Crippen LogP contribution in [0.15, 0.2) is 79.5 Å². The van der Waals surface area contributed by atoms with Crippen LogP contribution in [0, 0.1) is 0 Å². The number of rotatable bonds is 5. The van der Waals surface area contributed by atoms with Gasteiger partial charge in [-0.15, -0.1) is 0 Å². The first-order valence-electron chi connectivity index (χ1n) is 14.2. The standard InChI is InChI=1S/C32H38N6O3/c1-2-31(39)38-14-7-13-37(16-17-38)15-12-33-27-20-25-21-28(23-27)35-32-34-11-10-30(36-32)26-8-6-9-29(22-26)41-19-5-3-4-18-40-24-25/h2-4,6,8-11,20-23,33H,1,5,7,12-19,24H2,(H,34,35,36)/b4-3+. The van der Waals surface area contributed by atoms with Gasteiger partial charge in [0.05, 0.1) is 25.5 Å². The molecule has 2 aromatic carbocycles. The van der Waals surface area contributed by atoms with Crippen LogP contribution in [0.2, 0.25) is 0 Å². The average Bonchev–Trinajstić information content (AvgIpc) is 3.24. The van der Waals surface area contributed by atoms with Crippen LogP contribution >= 0.6 is 0 Å². The molecule has 1 amide bonds. The highest BCUT2D eigenvalue weighted by molar-refractivity contribution is 5.87. The van der Waals surface area contributed by atoms with E-state index in [9.17, 15) is 4.79 Å². The molecule has 0 radical (unpaired) electrons. The average molecular weight is 555 g/mol. The van der Waals surface area contributed by atoms with Crippen LogP contribution in [0.5, 0.6) is 5.75 Å². The summed E-state index contributed by atoms with van der Waals surface area (Å²) in [5.74, 6) is 1.34. The zero-order valence-electron chi connectivity index (χ0n) is 23.4. The van der Waals surface area contributed by atoms with Gasteiger partial charge in [0.15, 0.2) is 0 Å². The van der Waals surface area contributed by atoms with E-state index in [4.69, 9.17) is 14.5 Å². The van der Waals surface area contributed by atoms with E-state index < -0.39 is 0 Å². The molecule has 3 heterocycles. The fraction of sp³-hybridized carbons (Fsp3) is 0.344. The monoisotopic (exact) mass is 554 g/mol. The van der Waals surface area contributed by atoms with Gasteiger partial charge in [0.25, 0.3) is 0 Å². The van der Waals surface area contributed by atoms with E-state index in [0.717, 1.165) is 86.1 Å². The number of amides is 1. The SMILES string of the molecule is C=CC(=O)N1CCCN(CCNc2cc3cc(c2)Nc2nccc(n2)-c2cccc(c2)OCC/C=C/COC3)CC1. The zero-order chi connectivity index (χ0) is 28.3. The normalized spacial score (nSPS) is 17.1. The van der Waals surface area contributed by atoms with E-state index in [1.807, 2.05) is 41.3 Å². The Balaban J connectivity index is 1.29. The van der Waals surface area contributed by atoms with Crippen molar-refractivity contribution in [3.05, 3.63) is 85.1 Å². The first-order chi connectivity index (χ1) is 20.2. The lowest BCUT2D eigenvalue weighted by Crippen LogP contribution is -2.35. The van der Waals surface area contributed by atoms with Crippen LogP contribution in [-0.2, 0) is 16.1 Å². The Bertz CT molecular complexity index is 1360. The maximum absolute atomic E-state index is 12.0. The molecule has 41 heavy (non-hydrogen) atoms. The number of nitrogens with one attached hydrogen (secondary N) is 2.